The molecule has 1 aromatic carbocycles. The molecule has 2 rings (SSSR count). The second-order valence-electron chi connectivity index (χ2n) is 4.03. The summed E-state index contributed by atoms with van der Waals surface area (Å²) in [5.74, 6) is -0.811. The van der Waals surface area contributed by atoms with Crippen LogP contribution in [0.25, 0.3) is 0 Å². The maximum absolute atomic E-state index is 13.7. The van der Waals surface area contributed by atoms with E-state index < -0.39 is 20.7 Å². The molecule has 20 heavy (non-hydrogen) atoms. The first-order chi connectivity index (χ1) is 9.53. The van der Waals surface area contributed by atoms with Gasteiger partial charge < -0.3 is 5.32 Å². The van der Waals surface area contributed by atoms with E-state index in [2.05, 4.69) is 20.0 Å². The summed E-state index contributed by atoms with van der Waals surface area (Å²) in [6.07, 6.45) is 3.85. The molecule has 0 aliphatic rings. The Kier molecular flexibility index (Phi) is 4.26. The molecule has 6 nitrogen and oxygen atoms in total. The Hall–Kier alpha value is -2.06. The van der Waals surface area contributed by atoms with Crippen molar-refractivity contribution in [2.45, 2.75) is 11.4 Å². The number of hydrogen-bond donors (Lipinski definition) is 2. The Morgan fingerprint density at radius 3 is 2.60 bits per heavy atom. The number of nitrogens with one attached hydrogen (secondary N) is 2. The minimum atomic E-state index is -4.02. The molecule has 0 unspecified atom stereocenters. The van der Waals surface area contributed by atoms with Crippen LogP contribution in [0, 0.1) is 5.82 Å². The summed E-state index contributed by atoms with van der Waals surface area (Å²) >= 11 is 0. The van der Waals surface area contributed by atoms with Gasteiger partial charge in [0.2, 0.25) is 0 Å². The van der Waals surface area contributed by atoms with Gasteiger partial charge in [0.1, 0.15) is 17.0 Å². The van der Waals surface area contributed by atoms with E-state index in [0.717, 1.165) is 6.07 Å². The van der Waals surface area contributed by atoms with Crippen LogP contribution in [-0.2, 0) is 16.6 Å². The van der Waals surface area contributed by atoms with Crippen molar-refractivity contribution in [3.05, 3.63) is 48.3 Å². The predicted molar refractivity (Wildman–Crippen MR) is 72.0 cm³/mol. The quantitative estimate of drug-likeness (QED) is 0.864. The van der Waals surface area contributed by atoms with E-state index in [1.807, 2.05) is 0 Å². The summed E-state index contributed by atoms with van der Waals surface area (Å²) in [7, 11) is -2.30. The number of sulfonamides is 1. The van der Waals surface area contributed by atoms with Crippen LogP contribution in [0.15, 0.2) is 41.8 Å². The number of halogens is 1. The Balaban J connectivity index is 2.36. The van der Waals surface area contributed by atoms with Crippen molar-refractivity contribution in [1.29, 1.82) is 0 Å². The minimum Gasteiger partial charge on any atom is -0.316 e. The summed E-state index contributed by atoms with van der Waals surface area (Å²) in [6, 6.07) is 3.94. The largest absolute Gasteiger partial charge is 0.316 e. The molecule has 2 N–H and O–H groups in total. The molecule has 0 radical (unpaired) electrons. The molecule has 0 saturated heterocycles. The smallest absolute Gasteiger partial charge is 0.264 e. The maximum Gasteiger partial charge on any atom is 0.264 e. The van der Waals surface area contributed by atoms with Gasteiger partial charge in [-0.3, -0.25) is 4.72 Å². The molecule has 1 heterocycles. The highest BCUT2D eigenvalue weighted by Gasteiger charge is 2.19. The van der Waals surface area contributed by atoms with E-state index in [9.17, 15) is 12.8 Å². The van der Waals surface area contributed by atoms with Crippen LogP contribution >= 0.6 is 0 Å². The highest BCUT2D eigenvalue weighted by molar-refractivity contribution is 7.92. The van der Waals surface area contributed by atoms with Crippen molar-refractivity contribution in [3.8, 4) is 0 Å². The lowest BCUT2D eigenvalue weighted by atomic mass is 10.2. The maximum atomic E-state index is 13.7. The van der Waals surface area contributed by atoms with Gasteiger partial charge in [0.05, 0.1) is 18.1 Å². The van der Waals surface area contributed by atoms with E-state index in [1.54, 1.807) is 7.05 Å². The Bertz CT molecular complexity index is 692. The standard InChI is InChI=1S/C12H13FN4O2S/c1-14-5-9-2-3-11(13)12(4-9)20(18,19)17-10-6-15-8-16-7-10/h2-4,6-8,14,17H,5H2,1H3. The van der Waals surface area contributed by atoms with Crippen molar-refractivity contribution in [3.63, 3.8) is 0 Å². The predicted octanol–water partition coefficient (Wildman–Crippen LogP) is 1.14. The van der Waals surface area contributed by atoms with Gasteiger partial charge in [-0.15, -0.1) is 0 Å². The lowest BCUT2D eigenvalue weighted by Gasteiger charge is -2.09. The summed E-state index contributed by atoms with van der Waals surface area (Å²) in [5, 5.41) is 2.87. The first-order valence-corrected chi connectivity index (χ1v) is 7.22. The molecule has 0 fully saturated rings. The molecular weight excluding hydrogens is 283 g/mol. The number of benzene rings is 1. The molecule has 0 spiro atoms. The number of nitrogens with zero attached hydrogens (tertiary/aromatic N) is 2. The lowest BCUT2D eigenvalue weighted by Crippen LogP contribution is -2.16. The van der Waals surface area contributed by atoms with Crippen molar-refractivity contribution in [2.24, 2.45) is 0 Å². The van der Waals surface area contributed by atoms with Gasteiger partial charge in [-0.2, -0.15) is 0 Å². The zero-order valence-electron chi connectivity index (χ0n) is 10.7. The third-order valence-corrected chi connectivity index (χ3v) is 3.88. The van der Waals surface area contributed by atoms with Crippen molar-refractivity contribution in [1.82, 2.24) is 15.3 Å². The van der Waals surface area contributed by atoms with E-state index >= 15 is 0 Å². The van der Waals surface area contributed by atoms with Crippen LogP contribution in [0.2, 0.25) is 0 Å². The Morgan fingerprint density at radius 2 is 1.95 bits per heavy atom. The van der Waals surface area contributed by atoms with Crippen molar-refractivity contribution in [2.75, 3.05) is 11.8 Å². The topological polar surface area (TPSA) is 84.0 Å². The monoisotopic (exact) mass is 296 g/mol. The average molecular weight is 296 g/mol. The molecule has 106 valence electrons. The van der Waals surface area contributed by atoms with E-state index in [-0.39, 0.29) is 5.69 Å². The Morgan fingerprint density at radius 1 is 1.25 bits per heavy atom. The first kappa shape index (κ1) is 14.4. The third kappa shape index (κ3) is 3.28. The SMILES string of the molecule is CNCc1ccc(F)c(S(=O)(=O)Nc2cncnc2)c1. The van der Waals surface area contributed by atoms with Gasteiger partial charge in [-0.25, -0.2) is 22.8 Å². The fourth-order valence-corrected chi connectivity index (χ4v) is 2.79. The summed E-state index contributed by atoms with van der Waals surface area (Å²) < 4.78 is 40.3. The Labute approximate surface area is 116 Å². The molecule has 0 aliphatic heterocycles. The molecule has 1 aromatic heterocycles. The number of aromatic nitrogens is 2. The van der Waals surface area contributed by atoms with Crippen LogP contribution in [0.1, 0.15) is 5.56 Å². The average Bonchev–Trinajstić information content (AvgIpc) is 2.42. The fraction of sp³-hybridized carbons (Fsp3) is 0.167. The fourth-order valence-electron chi connectivity index (χ4n) is 1.63. The zero-order valence-corrected chi connectivity index (χ0v) is 11.5. The molecule has 0 saturated carbocycles. The van der Waals surface area contributed by atoms with Crippen LogP contribution < -0.4 is 10.0 Å². The van der Waals surface area contributed by atoms with Crippen LogP contribution in [0.4, 0.5) is 10.1 Å². The highest BCUT2D eigenvalue weighted by Crippen LogP contribution is 2.19. The van der Waals surface area contributed by atoms with Crippen LogP contribution in [0.3, 0.4) is 0 Å². The molecule has 0 atom stereocenters. The zero-order chi connectivity index (χ0) is 14.6. The molecule has 0 amide bonds. The van der Waals surface area contributed by atoms with Gasteiger partial charge in [0.15, 0.2) is 0 Å². The summed E-state index contributed by atoms with van der Waals surface area (Å²) in [6.45, 7) is 0.442. The van der Waals surface area contributed by atoms with E-state index in [0.29, 0.717) is 12.1 Å². The number of rotatable bonds is 5. The molecular formula is C12H13FN4O2S. The molecule has 0 bridgehead atoms. The van der Waals surface area contributed by atoms with Crippen LogP contribution in [-0.4, -0.2) is 25.4 Å². The second kappa shape index (κ2) is 5.93. The number of hydrogen-bond acceptors (Lipinski definition) is 5. The van der Waals surface area contributed by atoms with E-state index in [1.165, 1.54) is 30.9 Å². The highest BCUT2D eigenvalue weighted by atomic mass is 32.2. The van der Waals surface area contributed by atoms with Gasteiger partial charge in [0, 0.05) is 6.54 Å². The molecule has 2 aromatic rings. The van der Waals surface area contributed by atoms with Gasteiger partial charge >= 0.3 is 0 Å². The first-order valence-electron chi connectivity index (χ1n) is 5.74. The summed E-state index contributed by atoms with van der Waals surface area (Å²) in [4.78, 5) is 6.97. The van der Waals surface area contributed by atoms with Gasteiger partial charge in [-0.1, -0.05) is 6.07 Å². The third-order valence-electron chi connectivity index (χ3n) is 2.48. The van der Waals surface area contributed by atoms with Gasteiger partial charge in [0.25, 0.3) is 10.0 Å². The van der Waals surface area contributed by atoms with E-state index in [4.69, 9.17) is 0 Å². The van der Waals surface area contributed by atoms with Crippen molar-refractivity contribution < 1.29 is 12.8 Å². The lowest BCUT2D eigenvalue weighted by molar-refractivity contribution is 0.569. The second-order valence-corrected chi connectivity index (χ2v) is 5.68. The minimum absolute atomic E-state index is 0.172. The normalized spacial score (nSPS) is 11.3. The number of anilines is 1. The molecule has 0 aliphatic carbocycles. The van der Waals surface area contributed by atoms with Crippen LogP contribution in [0.5, 0.6) is 0 Å². The summed E-state index contributed by atoms with van der Waals surface area (Å²) in [5.41, 5.74) is 0.838. The molecule has 8 heteroatoms. The van der Waals surface area contributed by atoms with Crippen molar-refractivity contribution >= 4 is 15.7 Å². The van der Waals surface area contributed by atoms with Gasteiger partial charge in [-0.05, 0) is 24.7 Å².